The molecule has 1 N–H and O–H groups in total. The summed E-state index contributed by atoms with van der Waals surface area (Å²) in [6, 6.07) is 0.712. The number of hydrogen-bond donors (Lipinski definition) is 1. The van der Waals surface area contributed by atoms with Gasteiger partial charge in [-0.15, -0.1) is 0 Å². The standard InChI is InChI=1S/C12H18N4O/c1-2-10(1)14-8-11-7-13-9-12(15-11)16-3-5-17-6-4-16/h7,9-10,14H,1-6,8H2. The normalized spacial score (nSPS) is 20.6. The average molecular weight is 234 g/mol. The van der Waals surface area contributed by atoms with Crippen molar-refractivity contribution >= 4 is 5.82 Å². The minimum atomic E-state index is 0.712. The summed E-state index contributed by atoms with van der Waals surface area (Å²) < 4.78 is 5.34. The molecule has 1 aliphatic heterocycles. The molecule has 0 atom stereocenters. The van der Waals surface area contributed by atoms with Gasteiger partial charge >= 0.3 is 0 Å². The molecule has 0 spiro atoms. The molecule has 1 saturated carbocycles. The number of anilines is 1. The van der Waals surface area contributed by atoms with Gasteiger partial charge in [-0.25, -0.2) is 4.98 Å². The molecule has 92 valence electrons. The van der Waals surface area contributed by atoms with Gasteiger partial charge in [-0.2, -0.15) is 0 Å². The van der Waals surface area contributed by atoms with Crippen molar-refractivity contribution in [3.8, 4) is 0 Å². The Kier molecular flexibility index (Phi) is 3.20. The van der Waals surface area contributed by atoms with E-state index < -0.39 is 0 Å². The molecule has 0 aromatic carbocycles. The quantitative estimate of drug-likeness (QED) is 0.825. The van der Waals surface area contributed by atoms with Crippen LogP contribution in [0, 0.1) is 0 Å². The Labute approximate surface area is 101 Å². The van der Waals surface area contributed by atoms with Crippen molar-refractivity contribution in [3.05, 3.63) is 18.1 Å². The molecule has 2 fully saturated rings. The van der Waals surface area contributed by atoms with E-state index in [2.05, 4.69) is 20.2 Å². The summed E-state index contributed by atoms with van der Waals surface area (Å²) in [5, 5.41) is 3.46. The smallest absolute Gasteiger partial charge is 0.147 e. The molecule has 2 aliphatic rings. The Morgan fingerprint density at radius 3 is 2.88 bits per heavy atom. The van der Waals surface area contributed by atoms with Crippen LogP contribution >= 0.6 is 0 Å². The zero-order valence-electron chi connectivity index (χ0n) is 9.93. The van der Waals surface area contributed by atoms with E-state index >= 15 is 0 Å². The third kappa shape index (κ3) is 2.92. The fourth-order valence-corrected chi connectivity index (χ4v) is 1.96. The van der Waals surface area contributed by atoms with Gasteiger partial charge in [0, 0.05) is 31.9 Å². The lowest BCUT2D eigenvalue weighted by Gasteiger charge is -2.27. The fraction of sp³-hybridized carbons (Fsp3) is 0.667. The van der Waals surface area contributed by atoms with Gasteiger partial charge in [0.1, 0.15) is 5.82 Å². The predicted molar refractivity (Wildman–Crippen MR) is 64.9 cm³/mol. The van der Waals surface area contributed by atoms with Crippen molar-refractivity contribution in [2.24, 2.45) is 0 Å². The van der Waals surface area contributed by atoms with E-state index in [1.54, 1.807) is 0 Å². The molecule has 2 heterocycles. The fourth-order valence-electron chi connectivity index (χ4n) is 1.96. The first-order chi connectivity index (χ1) is 8.42. The van der Waals surface area contributed by atoms with E-state index in [-0.39, 0.29) is 0 Å². The summed E-state index contributed by atoms with van der Waals surface area (Å²) in [5.74, 6) is 0.975. The largest absolute Gasteiger partial charge is 0.378 e. The zero-order valence-corrected chi connectivity index (χ0v) is 9.93. The van der Waals surface area contributed by atoms with Crippen LogP contribution in [0.1, 0.15) is 18.5 Å². The number of morpholine rings is 1. The molecule has 0 radical (unpaired) electrons. The molecule has 1 aromatic rings. The maximum absolute atomic E-state index is 5.34. The second-order valence-electron chi connectivity index (χ2n) is 4.62. The zero-order chi connectivity index (χ0) is 11.5. The molecule has 1 aromatic heterocycles. The van der Waals surface area contributed by atoms with Crippen molar-refractivity contribution in [1.82, 2.24) is 15.3 Å². The van der Waals surface area contributed by atoms with Crippen molar-refractivity contribution < 1.29 is 4.74 Å². The van der Waals surface area contributed by atoms with Crippen LogP contribution in [0.15, 0.2) is 12.4 Å². The second-order valence-corrected chi connectivity index (χ2v) is 4.62. The summed E-state index contributed by atoms with van der Waals surface area (Å²) in [6.07, 6.45) is 6.29. The van der Waals surface area contributed by atoms with E-state index in [1.165, 1.54) is 12.8 Å². The average Bonchev–Trinajstić information content (AvgIpc) is 3.22. The highest BCUT2D eigenvalue weighted by Gasteiger charge is 2.20. The Morgan fingerprint density at radius 2 is 2.12 bits per heavy atom. The van der Waals surface area contributed by atoms with E-state index in [1.807, 2.05) is 12.4 Å². The molecule has 5 heteroatoms. The van der Waals surface area contributed by atoms with Crippen molar-refractivity contribution in [3.63, 3.8) is 0 Å². The van der Waals surface area contributed by atoms with E-state index in [0.29, 0.717) is 6.04 Å². The highest BCUT2D eigenvalue weighted by molar-refractivity contribution is 5.36. The highest BCUT2D eigenvalue weighted by atomic mass is 16.5. The predicted octanol–water partition coefficient (Wildman–Crippen LogP) is 0.565. The lowest BCUT2D eigenvalue weighted by atomic mass is 10.4. The van der Waals surface area contributed by atoms with Crippen LogP contribution in [0.3, 0.4) is 0 Å². The molecular formula is C12H18N4O. The van der Waals surface area contributed by atoms with Gasteiger partial charge in [0.25, 0.3) is 0 Å². The van der Waals surface area contributed by atoms with Crippen LogP contribution in [0.25, 0.3) is 0 Å². The summed E-state index contributed by atoms with van der Waals surface area (Å²) in [4.78, 5) is 11.1. The van der Waals surface area contributed by atoms with Crippen LogP contribution in [0.4, 0.5) is 5.82 Å². The second kappa shape index (κ2) is 4.98. The third-order valence-corrected chi connectivity index (χ3v) is 3.16. The minimum absolute atomic E-state index is 0.712. The molecule has 5 nitrogen and oxygen atoms in total. The number of aromatic nitrogens is 2. The number of nitrogens with zero attached hydrogens (tertiary/aromatic N) is 3. The first kappa shape index (κ1) is 10.9. The molecule has 17 heavy (non-hydrogen) atoms. The third-order valence-electron chi connectivity index (χ3n) is 3.16. The monoisotopic (exact) mass is 234 g/mol. The molecule has 3 rings (SSSR count). The summed E-state index contributed by atoms with van der Waals surface area (Å²) in [6.45, 7) is 4.22. The van der Waals surface area contributed by atoms with Gasteiger partial charge < -0.3 is 15.0 Å². The van der Waals surface area contributed by atoms with Crippen LogP contribution in [-0.4, -0.2) is 42.3 Å². The molecular weight excluding hydrogens is 216 g/mol. The van der Waals surface area contributed by atoms with Gasteiger partial charge in [0.2, 0.25) is 0 Å². The SMILES string of the molecule is c1ncc(N2CCOCC2)nc1CNC1CC1. The maximum atomic E-state index is 5.34. The molecule has 1 saturated heterocycles. The Morgan fingerprint density at radius 1 is 1.29 bits per heavy atom. The van der Waals surface area contributed by atoms with Crippen molar-refractivity contribution in [2.75, 3.05) is 31.2 Å². The van der Waals surface area contributed by atoms with Crippen LogP contribution in [0.2, 0.25) is 0 Å². The van der Waals surface area contributed by atoms with Gasteiger partial charge in [0.05, 0.1) is 25.1 Å². The Bertz CT molecular complexity index is 375. The first-order valence-electron chi connectivity index (χ1n) is 6.29. The first-order valence-corrected chi connectivity index (χ1v) is 6.29. The number of hydrogen-bond acceptors (Lipinski definition) is 5. The van der Waals surface area contributed by atoms with Gasteiger partial charge in [-0.3, -0.25) is 4.98 Å². The van der Waals surface area contributed by atoms with E-state index in [9.17, 15) is 0 Å². The number of nitrogens with one attached hydrogen (secondary N) is 1. The lowest BCUT2D eigenvalue weighted by molar-refractivity contribution is 0.122. The summed E-state index contributed by atoms with van der Waals surface area (Å²) in [7, 11) is 0. The van der Waals surface area contributed by atoms with Gasteiger partial charge in [0.15, 0.2) is 0 Å². The highest BCUT2D eigenvalue weighted by Crippen LogP contribution is 2.19. The van der Waals surface area contributed by atoms with Gasteiger partial charge in [-0.1, -0.05) is 0 Å². The lowest BCUT2D eigenvalue weighted by Crippen LogP contribution is -2.37. The van der Waals surface area contributed by atoms with E-state index in [0.717, 1.165) is 44.4 Å². The summed E-state index contributed by atoms with van der Waals surface area (Å²) in [5.41, 5.74) is 1.03. The molecule has 0 unspecified atom stereocenters. The van der Waals surface area contributed by atoms with Crippen LogP contribution in [-0.2, 0) is 11.3 Å². The van der Waals surface area contributed by atoms with E-state index in [4.69, 9.17) is 4.74 Å². The Balaban J connectivity index is 1.64. The Hall–Kier alpha value is -1.20. The number of ether oxygens (including phenoxy) is 1. The molecule has 0 bridgehead atoms. The summed E-state index contributed by atoms with van der Waals surface area (Å²) >= 11 is 0. The maximum Gasteiger partial charge on any atom is 0.147 e. The van der Waals surface area contributed by atoms with Crippen LogP contribution in [0.5, 0.6) is 0 Å². The molecule has 0 amide bonds. The van der Waals surface area contributed by atoms with Crippen molar-refractivity contribution in [1.29, 1.82) is 0 Å². The molecule has 1 aliphatic carbocycles. The van der Waals surface area contributed by atoms with Crippen LogP contribution < -0.4 is 10.2 Å². The number of rotatable bonds is 4. The topological polar surface area (TPSA) is 50.3 Å². The minimum Gasteiger partial charge on any atom is -0.378 e. The van der Waals surface area contributed by atoms with Gasteiger partial charge in [-0.05, 0) is 12.8 Å². The van der Waals surface area contributed by atoms with Crippen molar-refractivity contribution in [2.45, 2.75) is 25.4 Å².